The number of likely N-dealkylation sites (tertiary alicyclic amines) is 1. The van der Waals surface area contributed by atoms with Gasteiger partial charge in [-0.15, -0.1) is 0 Å². The second-order valence-corrected chi connectivity index (χ2v) is 4.45. The lowest BCUT2D eigenvalue weighted by atomic mass is 10.1. The average molecular weight is 168 g/mol. The molecule has 1 unspecified atom stereocenters. The Bertz CT molecular complexity index is 143. The smallest absolute Gasteiger partial charge is 0.0195 e. The molecule has 70 valence electrons. The second kappa shape index (κ2) is 3.75. The Hall–Kier alpha value is -0.0800. The zero-order valence-corrected chi connectivity index (χ0v) is 8.05. The van der Waals surface area contributed by atoms with Gasteiger partial charge in [-0.05, 0) is 51.7 Å². The normalized spacial score (nSPS) is 32.2. The van der Waals surface area contributed by atoms with Crippen molar-refractivity contribution in [2.24, 2.45) is 5.92 Å². The summed E-state index contributed by atoms with van der Waals surface area (Å²) in [4.78, 5) is 2.44. The van der Waals surface area contributed by atoms with E-state index in [1.165, 1.54) is 45.3 Å². The topological polar surface area (TPSA) is 15.3 Å². The van der Waals surface area contributed by atoms with Gasteiger partial charge >= 0.3 is 0 Å². The maximum absolute atomic E-state index is 3.67. The van der Waals surface area contributed by atoms with Gasteiger partial charge in [0.05, 0.1) is 0 Å². The zero-order valence-electron chi connectivity index (χ0n) is 8.05. The summed E-state index contributed by atoms with van der Waals surface area (Å²) in [5.74, 6) is 1.03. The molecule has 1 saturated heterocycles. The van der Waals surface area contributed by atoms with Crippen molar-refractivity contribution in [3.05, 3.63) is 0 Å². The van der Waals surface area contributed by atoms with Crippen molar-refractivity contribution in [2.75, 3.05) is 26.7 Å². The maximum atomic E-state index is 3.67. The third-order valence-corrected chi connectivity index (χ3v) is 3.02. The van der Waals surface area contributed by atoms with Crippen molar-refractivity contribution in [3.63, 3.8) is 0 Å². The fraction of sp³-hybridized carbons (Fsp3) is 1.00. The number of likely N-dealkylation sites (N-methyl/N-ethyl adjacent to an activating group) is 1. The lowest BCUT2D eigenvalue weighted by molar-refractivity contribution is 0.226. The van der Waals surface area contributed by atoms with Gasteiger partial charge in [-0.25, -0.2) is 0 Å². The molecular formula is C10H20N2. The monoisotopic (exact) mass is 168 g/mol. The van der Waals surface area contributed by atoms with Gasteiger partial charge in [0.15, 0.2) is 0 Å². The Labute approximate surface area is 75.3 Å². The van der Waals surface area contributed by atoms with Crippen LogP contribution < -0.4 is 5.32 Å². The second-order valence-electron chi connectivity index (χ2n) is 4.45. The van der Waals surface area contributed by atoms with Gasteiger partial charge in [-0.3, -0.25) is 0 Å². The standard InChI is InChI=1S/C10H20N2/c1-12-6-2-3-10(8-12)11-7-9-4-5-9/h9-11H,2-8H2,1H3. The van der Waals surface area contributed by atoms with Crippen LogP contribution in [0.4, 0.5) is 0 Å². The molecule has 0 amide bonds. The van der Waals surface area contributed by atoms with E-state index >= 15 is 0 Å². The van der Waals surface area contributed by atoms with Gasteiger partial charge < -0.3 is 10.2 Å². The highest BCUT2D eigenvalue weighted by Gasteiger charge is 2.23. The summed E-state index contributed by atoms with van der Waals surface area (Å²) in [5, 5.41) is 3.67. The first-order valence-electron chi connectivity index (χ1n) is 5.26. The molecule has 1 aliphatic carbocycles. The highest BCUT2D eigenvalue weighted by molar-refractivity contribution is 4.81. The van der Waals surface area contributed by atoms with Crippen molar-refractivity contribution < 1.29 is 0 Å². The predicted molar refractivity (Wildman–Crippen MR) is 51.2 cm³/mol. The van der Waals surface area contributed by atoms with E-state index in [1.54, 1.807) is 0 Å². The molecule has 0 aromatic rings. The average Bonchev–Trinajstić information content (AvgIpc) is 2.84. The number of hydrogen-bond donors (Lipinski definition) is 1. The summed E-state index contributed by atoms with van der Waals surface area (Å²) in [6, 6.07) is 0.782. The molecule has 0 aromatic carbocycles. The molecule has 2 heteroatoms. The Kier molecular flexibility index (Phi) is 2.66. The summed E-state index contributed by atoms with van der Waals surface area (Å²) in [6.07, 6.45) is 5.70. The van der Waals surface area contributed by atoms with E-state index in [2.05, 4.69) is 17.3 Å². The van der Waals surface area contributed by atoms with E-state index < -0.39 is 0 Å². The Balaban J connectivity index is 1.64. The molecule has 2 fully saturated rings. The quantitative estimate of drug-likeness (QED) is 0.678. The van der Waals surface area contributed by atoms with Crippen LogP contribution >= 0.6 is 0 Å². The van der Waals surface area contributed by atoms with Gasteiger partial charge in [0.2, 0.25) is 0 Å². The minimum absolute atomic E-state index is 0.782. The van der Waals surface area contributed by atoms with Gasteiger partial charge in [-0.2, -0.15) is 0 Å². The van der Waals surface area contributed by atoms with Gasteiger partial charge in [0, 0.05) is 12.6 Å². The summed E-state index contributed by atoms with van der Waals surface area (Å²) < 4.78 is 0. The van der Waals surface area contributed by atoms with Crippen LogP contribution in [0, 0.1) is 5.92 Å². The Morgan fingerprint density at radius 1 is 1.33 bits per heavy atom. The van der Waals surface area contributed by atoms with Crippen molar-refractivity contribution in [1.29, 1.82) is 0 Å². The molecule has 2 aliphatic rings. The molecule has 1 atom stereocenters. The van der Waals surface area contributed by atoms with E-state index in [1.807, 2.05) is 0 Å². The summed E-state index contributed by atoms with van der Waals surface area (Å²) >= 11 is 0. The highest BCUT2D eigenvalue weighted by Crippen LogP contribution is 2.27. The van der Waals surface area contributed by atoms with Crippen LogP contribution in [-0.4, -0.2) is 37.6 Å². The van der Waals surface area contributed by atoms with Crippen LogP contribution in [0.25, 0.3) is 0 Å². The molecule has 1 heterocycles. The molecule has 1 N–H and O–H groups in total. The molecule has 0 aromatic heterocycles. The molecule has 1 aliphatic heterocycles. The first-order valence-corrected chi connectivity index (χ1v) is 5.26. The number of nitrogens with one attached hydrogen (secondary N) is 1. The lowest BCUT2D eigenvalue weighted by Gasteiger charge is -2.30. The number of piperidine rings is 1. The van der Waals surface area contributed by atoms with Gasteiger partial charge in [0.1, 0.15) is 0 Å². The third-order valence-electron chi connectivity index (χ3n) is 3.02. The molecule has 0 bridgehead atoms. The zero-order chi connectivity index (χ0) is 8.39. The highest BCUT2D eigenvalue weighted by atomic mass is 15.1. The predicted octanol–water partition coefficient (Wildman–Crippen LogP) is 1.08. The number of nitrogens with zero attached hydrogens (tertiary/aromatic N) is 1. The van der Waals surface area contributed by atoms with E-state index in [0.717, 1.165) is 12.0 Å². The SMILES string of the molecule is CN1CCCC(NCC2CC2)C1. The minimum Gasteiger partial charge on any atom is -0.312 e. The van der Waals surface area contributed by atoms with Crippen LogP contribution in [0.5, 0.6) is 0 Å². The van der Waals surface area contributed by atoms with Crippen molar-refractivity contribution in [2.45, 2.75) is 31.7 Å². The Morgan fingerprint density at radius 2 is 2.17 bits per heavy atom. The minimum atomic E-state index is 0.782. The fourth-order valence-corrected chi connectivity index (χ4v) is 1.99. The van der Waals surface area contributed by atoms with Gasteiger partial charge in [0.25, 0.3) is 0 Å². The summed E-state index contributed by atoms with van der Waals surface area (Å²) in [5.41, 5.74) is 0. The van der Waals surface area contributed by atoms with Crippen molar-refractivity contribution >= 4 is 0 Å². The van der Waals surface area contributed by atoms with Crippen LogP contribution in [0.15, 0.2) is 0 Å². The maximum Gasteiger partial charge on any atom is 0.0195 e. The first kappa shape index (κ1) is 8.52. The van der Waals surface area contributed by atoms with Crippen molar-refractivity contribution in [1.82, 2.24) is 10.2 Å². The molecule has 1 saturated carbocycles. The van der Waals surface area contributed by atoms with E-state index in [0.29, 0.717) is 0 Å². The van der Waals surface area contributed by atoms with E-state index in [4.69, 9.17) is 0 Å². The van der Waals surface area contributed by atoms with Gasteiger partial charge in [-0.1, -0.05) is 0 Å². The summed E-state index contributed by atoms with van der Waals surface area (Å²) in [7, 11) is 2.23. The van der Waals surface area contributed by atoms with Crippen LogP contribution in [0.1, 0.15) is 25.7 Å². The molecule has 12 heavy (non-hydrogen) atoms. The number of hydrogen-bond acceptors (Lipinski definition) is 2. The van der Waals surface area contributed by atoms with E-state index in [9.17, 15) is 0 Å². The number of rotatable bonds is 3. The molecule has 2 nitrogen and oxygen atoms in total. The third kappa shape index (κ3) is 2.46. The van der Waals surface area contributed by atoms with E-state index in [-0.39, 0.29) is 0 Å². The van der Waals surface area contributed by atoms with Crippen LogP contribution in [-0.2, 0) is 0 Å². The van der Waals surface area contributed by atoms with Crippen LogP contribution in [0.2, 0.25) is 0 Å². The molecule has 2 rings (SSSR count). The fourth-order valence-electron chi connectivity index (χ4n) is 1.99. The first-order chi connectivity index (χ1) is 5.84. The van der Waals surface area contributed by atoms with Crippen molar-refractivity contribution in [3.8, 4) is 0 Å². The molecular weight excluding hydrogens is 148 g/mol. The van der Waals surface area contributed by atoms with Crippen LogP contribution in [0.3, 0.4) is 0 Å². The molecule has 0 radical (unpaired) electrons. The Morgan fingerprint density at radius 3 is 2.83 bits per heavy atom. The largest absolute Gasteiger partial charge is 0.312 e. The summed E-state index contributed by atoms with van der Waals surface area (Å²) in [6.45, 7) is 3.83. The lowest BCUT2D eigenvalue weighted by Crippen LogP contribution is -2.44. The molecule has 0 spiro atoms.